The van der Waals surface area contributed by atoms with E-state index in [0.717, 1.165) is 11.1 Å². The van der Waals surface area contributed by atoms with Crippen molar-refractivity contribution < 1.29 is 4.39 Å². The lowest BCUT2D eigenvalue weighted by Crippen LogP contribution is -2.00. The molecule has 2 aromatic carbocycles. The van der Waals surface area contributed by atoms with E-state index in [1.54, 1.807) is 6.07 Å². The zero-order chi connectivity index (χ0) is 11.5. The lowest BCUT2D eigenvalue weighted by Gasteiger charge is -2.08. The van der Waals surface area contributed by atoms with Crippen molar-refractivity contribution in [1.29, 1.82) is 0 Å². The Morgan fingerprint density at radius 1 is 1.12 bits per heavy atom. The number of benzene rings is 2. The fourth-order valence-electron chi connectivity index (χ4n) is 1.80. The summed E-state index contributed by atoms with van der Waals surface area (Å²) in [6.07, 6.45) is 0. The van der Waals surface area contributed by atoms with Crippen molar-refractivity contribution in [2.24, 2.45) is 5.73 Å². The molecule has 0 bridgehead atoms. The number of halogens is 1. The average molecular weight is 215 g/mol. The first kappa shape index (κ1) is 10.8. The molecule has 0 aliphatic heterocycles. The van der Waals surface area contributed by atoms with Gasteiger partial charge in [0.05, 0.1) is 0 Å². The quantitative estimate of drug-likeness (QED) is 0.817. The Morgan fingerprint density at radius 3 is 2.56 bits per heavy atom. The molecule has 0 aromatic heterocycles. The van der Waals surface area contributed by atoms with Gasteiger partial charge in [-0.2, -0.15) is 0 Å². The van der Waals surface area contributed by atoms with E-state index in [1.807, 2.05) is 37.3 Å². The molecule has 0 radical (unpaired) electrons. The van der Waals surface area contributed by atoms with Gasteiger partial charge in [0.25, 0.3) is 0 Å². The van der Waals surface area contributed by atoms with E-state index >= 15 is 0 Å². The van der Waals surface area contributed by atoms with E-state index < -0.39 is 0 Å². The molecular weight excluding hydrogens is 201 g/mol. The molecule has 82 valence electrons. The van der Waals surface area contributed by atoms with Gasteiger partial charge in [0.15, 0.2) is 0 Å². The zero-order valence-electron chi connectivity index (χ0n) is 9.20. The summed E-state index contributed by atoms with van der Waals surface area (Å²) in [5.41, 5.74) is 9.37. The summed E-state index contributed by atoms with van der Waals surface area (Å²) < 4.78 is 13.3. The highest BCUT2D eigenvalue weighted by atomic mass is 19.1. The van der Waals surface area contributed by atoms with Crippen LogP contribution in [0.3, 0.4) is 0 Å². The normalized spacial score (nSPS) is 10.4. The molecule has 2 heteroatoms. The van der Waals surface area contributed by atoms with Crippen LogP contribution in [0.4, 0.5) is 4.39 Å². The highest BCUT2D eigenvalue weighted by Crippen LogP contribution is 2.24. The minimum absolute atomic E-state index is 0.228. The Hall–Kier alpha value is -1.67. The van der Waals surface area contributed by atoms with Gasteiger partial charge in [-0.05, 0) is 35.7 Å². The van der Waals surface area contributed by atoms with Gasteiger partial charge in [-0.15, -0.1) is 0 Å². The molecule has 2 rings (SSSR count). The van der Waals surface area contributed by atoms with Gasteiger partial charge in [0.1, 0.15) is 5.82 Å². The molecule has 0 aliphatic carbocycles. The van der Waals surface area contributed by atoms with E-state index in [9.17, 15) is 4.39 Å². The van der Waals surface area contributed by atoms with Crippen LogP contribution in [0.2, 0.25) is 0 Å². The minimum atomic E-state index is -0.236. The van der Waals surface area contributed by atoms with Crippen molar-refractivity contribution in [3.63, 3.8) is 0 Å². The molecule has 16 heavy (non-hydrogen) atoms. The van der Waals surface area contributed by atoms with Gasteiger partial charge in [0.2, 0.25) is 0 Å². The second-order valence-electron chi connectivity index (χ2n) is 3.83. The largest absolute Gasteiger partial charge is 0.326 e. The number of rotatable bonds is 2. The van der Waals surface area contributed by atoms with Crippen LogP contribution in [0.15, 0.2) is 42.5 Å². The Morgan fingerprint density at radius 2 is 1.88 bits per heavy atom. The topological polar surface area (TPSA) is 26.0 Å². The molecule has 0 heterocycles. The molecule has 0 saturated heterocycles. The summed E-state index contributed by atoms with van der Waals surface area (Å²) in [6, 6.07) is 13.1. The van der Waals surface area contributed by atoms with Gasteiger partial charge < -0.3 is 5.73 Å². The van der Waals surface area contributed by atoms with Gasteiger partial charge in [-0.3, -0.25) is 0 Å². The Bertz CT molecular complexity index is 506. The van der Waals surface area contributed by atoms with Crippen LogP contribution in [0.25, 0.3) is 11.1 Å². The van der Waals surface area contributed by atoms with Gasteiger partial charge in [-0.1, -0.05) is 30.3 Å². The maximum atomic E-state index is 13.3. The van der Waals surface area contributed by atoms with E-state index in [4.69, 9.17) is 5.73 Å². The summed E-state index contributed by atoms with van der Waals surface area (Å²) in [6.45, 7) is 2.27. The van der Waals surface area contributed by atoms with Crippen LogP contribution in [-0.2, 0) is 6.54 Å². The van der Waals surface area contributed by atoms with Crippen molar-refractivity contribution >= 4 is 0 Å². The fraction of sp³-hybridized carbons (Fsp3) is 0.143. The maximum absolute atomic E-state index is 13.3. The lowest BCUT2D eigenvalue weighted by atomic mass is 9.99. The summed E-state index contributed by atoms with van der Waals surface area (Å²) in [7, 11) is 0. The van der Waals surface area contributed by atoms with E-state index in [2.05, 4.69) is 0 Å². The van der Waals surface area contributed by atoms with Crippen LogP contribution >= 0.6 is 0 Å². The van der Waals surface area contributed by atoms with Gasteiger partial charge in [0, 0.05) is 12.1 Å². The van der Waals surface area contributed by atoms with E-state index in [1.165, 1.54) is 11.6 Å². The second kappa shape index (κ2) is 4.45. The first-order valence-corrected chi connectivity index (χ1v) is 5.27. The first-order chi connectivity index (χ1) is 7.72. The maximum Gasteiger partial charge on any atom is 0.127 e. The van der Waals surface area contributed by atoms with Crippen LogP contribution in [0, 0.1) is 12.7 Å². The van der Waals surface area contributed by atoms with Crippen molar-refractivity contribution in [1.82, 2.24) is 0 Å². The SMILES string of the molecule is Cc1ccccc1-c1ccc(F)c(CN)c1. The molecule has 0 spiro atoms. The summed E-state index contributed by atoms with van der Waals surface area (Å²) >= 11 is 0. The summed E-state index contributed by atoms with van der Waals surface area (Å²) in [5.74, 6) is -0.236. The molecule has 0 unspecified atom stereocenters. The molecule has 0 saturated carbocycles. The third kappa shape index (κ3) is 1.97. The number of hydrogen-bond donors (Lipinski definition) is 1. The second-order valence-corrected chi connectivity index (χ2v) is 3.83. The smallest absolute Gasteiger partial charge is 0.127 e. The molecular formula is C14H14FN. The number of aryl methyl sites for hydroxylation is 1. The van der Waals surface area contributed by atoms with Crippen molar-refractivity contribution in [3.05, 3.63) is 59.4 Å². The van der Waals surface area contributed by atoms with Crippen LogP contribution in [0.5, 0.6) is 0 Å². The molecule has 1 nitrogen and oxygen atoms in total. The standard InChI is InChI=1S/C14H14FN/c1-10-4-2-3-5-13(10)11-6-7-14(15)12(8-11)9-16/h2-8H,9,16H2,1H3. The number of nitrogens with two attached hydrogens (primary N) is 1. The fourth-order valence-corrected chi connectivity index (χ4v) is 1.80. The Balaban J connectivity index is 2.53. The predicted molar refractivity (Wildman–Crippen MR) is 64.5 cm³/mol. The first-order valence-electron chi connectivity index (χ1n) is 5.27. The molecule has 0 atom stereocenters. The average Bonchev–Trinajstić information content (AvgIpc) is 2.31. The van der Waals surface area contributed by atoms with Crippen LogP contribution in [0.1, 0.15) is 11.1 Å². The number of hydrogen-bond acceptors (Lipinski definition) is 1. The summed E-state index contributed by atoms with van der Waals surface area (Å²) in [5, 5.41) is 0. The monoisotopic (exact) mass is 215 g/mol. The molecule has 2 N–H and O–H groups in total. The highest BCUT2D eigenvalue weighted by molar-refractivity contribution is 5.67. The van der Waals surface area contributed by atoms with Crippen molar-refractivity contribution in [2.45, 2.75) is 13.5 Å². The zero-order valence-corrected chi connectivity index (χ0v) is 9.20. The third-order valence-electron chi connectivity index (χ3n) is 2.72. The van der Waals surface area contributed by atoms with Gasteiger partial charge in [-0.25, -0.2) is 4.39 Å². The van der Waals surface area contributed by atoms with E-state index in [-0.39, 0.29) is 12.4 Å². The molecule has 0 aliphatic rings. The molecule has 0 fully saturated rings. The summed E-state index contributed by atoms with van der Waals surface area (Å²) in [4.78, 5) is 0. The van der Waals surface area contributed by atoms with Crippen molar-refractivity contribution in [3.8, 4) is 11.1 Å². The Labute approximate surface area is 94.7 Å². The highest BCUT2D eigenvalue weighted by Gasteiger charge is 2.05. The Kier molecular flexibility index (Phi) is 3.02. The van der Waals surface area contributed by atoms with E-state index in [0.29, 0.717) is 5.56 Å². The predicted octanol–water partition coefficient (Wildman–Crippen LogP) is 3.26. The van der Waals surface area contributed by atoms with Gasteiger partial charge >= 0.3 is 0 Å². The third-order valence-corrected chi connectivity index (χ3v) is 2.72. The van der Waals surface area contributed by atoms with Crippen molar-refractivity contribution in [2.75, 3.05) is 0 Å². The lowest BCUT2D eigenvalue weighted by molar-refractivity contribution is 0.611. The van der Waals surface area contributed by atoms with Crippen LogP contribution < -0.4 is 5.73 Å². The minimum Gasteiger partial charge on any atom is -0.326 e. The van der Waals surface area contributed by atoms with Crippen LogP contribution in [-0.4, -0.2) is 0 Å². The molecule has 2 aromatic rings. The molecule has 0 amide bonds.